The number of aliphatic hydroxyl groups is 1. The molecule has 1 aromatic carbocycles. The molecule has 3 aromatic rings. The van der Waals surface area contributed by atoms with Crippen molar-refractivity contribution in [1.82, 2.24) is 19.5 Å². The van der Waals surface area contributed by atoms with Gasteiger partial charge in [0.2, 0.25) is 0 Å². The van der Waals surface area contributed by atoms with Gasteiger partial charge in [0.15, 0.2) is 17.8 Å². The molecule has 11 heteroatoms. The van der Waals surface area contributed by atoms with Crippen molar-refractivity contribution in [3.63, 3.8) is 0 Å². The molecular formula is C20H22ClN5O5. The number of aromatic nitrogens is 4. The molecule has 1 saturated heterocycles. The van der Waals surface area contributed by atoms with Crippen molar-refractivity contribution in [2.45, 2.75) is 38.6 Å². The van der Waals surface area contributed by atoms with E-state index in [2.05, 4.69) is 15.0 Å². The Morgan fingerprint density at radius 2 is 2.06 bits per heavy atom. The lowest BCUT2D eigenvalue weighted by Gasteiger charge is -2.25. The van der Waals surface area contributed by atoms with Crippen molar-refractivity contribution in [3.8, 4) is 0 Å². The van der Waals surface area contributed by atoms with Crippen LogP contribution in [0.5, 0.6) is 0 Å². The number of carbonyl (C=O) groups is 1. The molecule has 164 valence electrons. The van der Waals surface area contributed by atoms with Crippen LogP contribution < -0.4 is 5.73 Å². The molecule has 1 fully saturated rings. The van der Waals surface area contributed by atoms with Crippen LogP contribution in [0.25, 0.3) is 11.2 Å². The lowest BCUT2D eigenvalue weighted by atomic mass is 10.0. The maximum Gasteiger partial charge on any atom is 0.302 e. The van der Waals surface area contributed by atoms with Crippen LogP contribution >= 0.6 is 11.6 Å². The normalized spacial score (nSPS) is 24.4. The molecule has 0 amide bonds. The van der Waals surface area contributed by atoms with E-state index in [1.807, 2.05) is 6.92 Å². The van der Waals surface area contributed by atoms with E-state index in [0.717, 1.165) is 0 Å². The predicted molar refractivity (Wildman–Crippen MR) is 111 cm³/mol. The predicted octanol–water partition coefficient (Wildman–Crippen LogP) is 2.23. The number of anilines is 1. The first-order valence-corrected chi connectivity index (χ1v) is 10.0. The molecule has 3 N–H and O–H groups in total. The largest absolute Gasteiger partial charge is 0.463 e. The molecule has 2 unspecified atom stereocenters. The number of nitrogens with two attached hydrogens (primary N) is 1. The number of carbonyl (C=O) groups excluding carboxylic acids is 1. The highest BCUT2D eigenvalue weighted by molar-refractivity contribution is 6.30. The topological polar surface area (TPSA) is 135 Å². The van der Waals surface area contributed by atoms with Gasteiger partial charge in [-0.15, -0.1) is 0 Å². The van der Waals surface area contributed by atoms with Gasteiger partial charge in [0, 0.05) is 23.4 Å². The summed E-state index contributed by atoms with van der Waals surface area (Å²) in [6.07, 6.45) is -0.0530. The number of halogens is 1. The number of nitrogen functional groups attached to an aromatic ring is 1. The minimum absolute atomic E-state index is 0.0298. The molecule has 2 aromatic heterocycles. The summed E-state index contributed by atoms with van der Waals surface area (Å²) in [5.74, 6) is -0.432. The van der Waals surface area contributed by atoms with Gasteiger partial charge in [-0.25, -0.2) is 15.0 Å². The third-order valence-corrected chi connectivity index (χ3v) is 5.45. The van der Waals surface area contributed by atoms with Crippen molar-refractivity contribution >= 4 is 34.6 Å². The first kappa shape index (κ1) is 21.4. The average molecular weight is 448 g/mol. The van der Waals surface area contributed by atoms with E-state index in [0.29, 0.717) is 21.7 Å². The molecule has 1 aliphatic heterocycles. The molecule has 0 radical (unpaired) electrons. The molecule has 4 rings (SSSR count). The number of esters is 1. The van der Waals surface area contributed by atoms with E-state index >= 15 is 0 Å². The second-order valence-electron chi connectivity index (χ2n) is 7.31. The summed E-state index contributed by atoms with van der Waals surface area (Å²) < 4.78 is 19.0. The van der Waals surface area contributed by atoms with E-state index < -0.39 is 30.7 Å². The van der Waals surface area contributed by atoms with Crippen LogP contribution in [0.4, 0.5) is 5.82 Å². The molecule has 0 aliphatic carbocycles. The molecule has 0 bridgehead atoms. The number of fused-ring (bicyclic) bond motifs is 1. The highest BCUT2D eigenvalue weighted by Gasteiger charge is 2.46. The van der Waals surface area contributed by atoms with E-state index in [4.69, 9.17) is 31.5 Å². The molecule has 1 aliphatic rings. The third kappa shape index (κ3) is 4.33. The number of imidazole rings is 1. The van der Waals surface area contributed by atoms with Crippen LogP contribution in [0.3, 0.4) is 0 Å². The Bertz CT molecular complexity index is 1080. The monoisotopic (exact) mass is 447 g/mol. The van der Waals surface area contributed by atoms with Crippen molar-refractivity contribution < 1.29 is 24.1 Å². The van der Waals surface area contributed by atoms with Crippen LogP contribution in [-0.4, -0.2) is 49.4 Å². The van der Waals surface area contributed by atoms with Gasteiger partial charge in [-0.3, -0.25) is 9.36 Å². The SMILES string of the molecule is CC(=O)OC[C@H]1OC(n2cnc3c(N)ncnc32)[C@@H](C)[C@@H]1OC(O)c1ccc(Cl)cc1. The summed E-state index contributed by atoms with van der Waals surface area (Å²) >= 11 is 5.92. The summed E-state index contributed by atoms with van der Waals surface area (Å²) in [6, 6.07) is 6.68. The second-order valence-corrected chi connectivity index (χ2v) is 7.75. The van der Waals surface area contributed by atoms with Gasteiger partial charge in [0.1, 0.15) is 30.8 Å². The Kier molecular flexibility index (Phi) is 6.05. The molecule has 0 spiro atoms. The van der Waals surface area contributed by atoms with E-state index in [9.17, 15) is 9.90 Å². The Morgan fingerprint density at radius 3 is 2.77 bits per heavy atom. The highest BCUT2D eigenvalue weighted by Crippen LogP contribution is 2.40. The number of rotatable bonds is 6. The van der Waals surface area contributed by atoms with E-state index in [-0.39, 0.29) is 18.3 Å². The van der Waals surface area contributed by atoms with Gasteiger partial charge in [-0.05, 0) is 12.1 Å². The molecule has 5 atom stereocenters. The maximum atomic E-state index is 11.4. The zero-order valence-corrected chi connectivity index (χ0v) is 17.6. The lowest BCUT2D eigenvalue weighted by Crippen LogP contribution is -2.34. The minimum Gasteiger partial charge on any atom is -0.463 e. The zero-order chi connectivity index (χ0) is 22.1. The van der Waals surface area contributed by atoms with Gasteiger partial charge in [-0.2, -0.15) is 0 Å². The summed E-state index contributed by atoms with van der Waals surface area (Å²) in [6.45, 7) is 3.20. The third-order valence-electron chi connectivity index (χ3n) is 5.20. The molecule has 3 heterocycles. The fourth-order valence-electron chi connectivity index (χ4n) is 3.66. The second kappa shape index (κ2) is 8.75. The van der Waals surface area contributed by atoms with Gasteiger partial charge >= 0.3 is 5.97 Å². The van der Waals surface area contributed by atoms with Gasteiger partial charge in [0.25, 0.3) is 0 Å². The Morgan fingerprint density at radius 1 is 1.32 bits per heavy atom. The minimum atomic E-state index is -1.22. The summed E-state index contributed by atoms with van der Waals surface area (Å²) in [5, 5.41) is 11.2. The number of benzene rings is 1. The summed E-state index contributed by atoms with van der Waals surface area (Å²) in [4.78, 5) is 23.9. The molecule has 31 heavy (non-hydrogen) atoms. The Labute approximate surface area is 182 Å². The van der Waals surface area contributed by atoms with Gasteiger partial charge in [-0.1, -0.05) is 30.7 Å². The van der Waals surface area contributed by atoms with E-state index in [1.165, 1.54) is 13.3 Å². The maximum absolute atomic E-state index is 11.4. The molecule has 0 saturated carbocycles. The standard InChI is InChI=1S/C20H22ClN5O5/c1-10-16(31-20(28)12-3-5-13(21)6-4-12)14(7-29-11(2)27)30-19(10)26-9-25-15-17(22)23-8-24-18(15)26/h3-6,8-10,14,16,19-20,28H,7H2,1-2H3,(H2,22,23,24)/t10-,14+,16-,19?,20?/m0/s1. The van der Waals surface area contributed by atoms with Crippen LogP contribution in [0.15, 0.2) is 36.9 Å². The number of hydrogen-bond acceptors (Lipinski definition) is 9. The number of ether oxygens (including phenoxy) is 3. The summed E-state index contributed by atoms with van der Waals surface area (Å²) in [5.41, 5.74) is 7.40. The fourth-order valence-corrected chi connectivity index (χ4v) is 3.78. The van der Waals surface area contributed by atoms with Crippen molar-refractivity contribution in [3.05, 3.63) is 47.5 Å². The van der Waals surface area contributed by atoms with Crippen LogP contribution in [0.2, 0.25) is 5.02 Å². The lowest BCUT2D eigenvalue weighted by molar-refractivity contribution is -0.172. The van der Waals surface area contributed by atoms with Gasteiger partial charge in [0.05, 0.1) is 12.4 Å². The number of nitrogens with zero attached hydrogens (tertiary/aromatic N) is 4. The quantitative estimate of drug-likeness (QED) is 0.430. The van der Waals surface area contributed by atoms with Crippen LogP contribution in [0, 0.1) is 5.92 Å². The highest BCUT2D eigenvalue weighted by atomic mass is 35.5. The van der Waals surface area contributed by atoms with E-state index in [1.54, 1.807) is 35.2 Å². The summed E-state index contributed by atoms with van der Waals surface area (Å²) in [7, 11) is 0. The van der Waals surface area contributed by atoms with Crippen LogP contribution in [0.1, 0.15) is 31.9 Å². The Hall–Kier alpha value is -2.79. The van der Waals surface area contributed by atoms with Crippen molar-refractivity contribution in [1.29, 1.82) is 0 Å². The first-order valence-electron chi connectivity index (χ1n) is 9.66. The van der Waals surface area contributed by atoms with Crippen molar-refractivity contribution in [2.24, 2.45) is 5.92 Å². The first-order chi connectivity index (χ1) is 14.8. The molecule has 10 nitrogen and oxygen atoms in total. The number of hydrogen-bond donors (Lipinski definition) is 2. The Balaban J connectivity index is 1.61. The van der Waals surface area contributed by atoms with Crippen molar-refractivity contribution in [2.75, 3.05) is 12.3 Å². The number of aliphatic hydroxyl groups excluding tert-OH is 1. The smallest absolute Gasteiger partial charge is 0.302 e. The fraction of sp³-hybridized carbons (Fsp3) is 0.400. The molecular weight excluding hydrogens is 426 g/mol. The van der Waals surface area contributed by atoms with Crippen LogP contribution in [-0.2, 0) is 19.0 Å². The zero-order valence-electron chi connectivity index (χ0n) is 16.9. The average Bonchev–Trinajstić information content (AvgIpc) is 3.29. The van der Waals surface area contributed by atoms with Gasteiger partial charge < -0.3 is 25.1 Å².